The second kappa shape index (κ2) is 10.7. The van der Waals surface area contributed by atoms with Crippen molar-refractivity contribution in [1.29, 1.82) is 0 Å². The number of ether oxygens (including phenoxy) is 2. The van der Waals surface area contributed by atoms with Crippen molar-refractivity contribution in [2.24, 2.45) is 0 Å². The van der Waals surface area contributed by atoms with Crippen LogP contribution >= 0.6 is 0 Å². The number of rotatable bonds is 8. The molecule has 7 heteroatoms. The molecule has 1 saturated heterocycles. The lowest BCUT2D eigenvalue weighted by atomic mass is 10.0. The van der Waals surface area contributed by atoms with Crippen LogP contribution in [0.15, 0.2) is 72.8 Å². The lowest BCUT2D eigenvalue weighted by Gasteiger charge is -2.15. The Morgan fingerprint density at radius 1 is 0.861 bits per heavy atom. The second-order valence-corrected chi connectivity index (χ2v) is 8.91. The normalized spacial score (nSPS) is 13.5. The Balaban J connectivity index is 1.40. The van der Waals surface area contributed by atoms with Crippen LogP contribution in [0.2, 0.25) is 0 Å². The van der Waals surface area contributed by atoms with E-state index in [4.69, 9.17) is 14.5 Å². The standard InChI is InChI=1S/C29H30N4O3/c1-35-24-11-5-20(6-12-24)26-18-21-17-25(36-2)13-14-27(21)32-29(26)31-23-9-7-22(8-10-23)30-28(34)19-33-15-3-4-16-33/h5-14,17-18H,3-4,15-16,19H2,1-2H3,(H,30,34)(H,31,32). The fourth-order valence-electron chi connectivity index (χ4n) is 4.49. The van der Waals surface area contributed by atoms with Gasteiger partial charge in [-0.1, -0.05) is 12.1 Å². The first-order valence-corrected chi connectivity index (χ1v) is 12.1. The minimum atomic E-state index is 0.0195. The van der Waals surface area contributed by atoms with Crippen LogP contribution in [0.4, 0.5) is 17.2 Å². The quantitative estimate of drug-likeness (QED) is 0.336. The number of anilines is 3. The zero-order valence-electron chi connectivity index (χ0n) is 20.6. The SMILES string of the molecule is COc1ccc(-c2cc3cc(OC)ccc3nc2Nc2ccc(NC(=O)CN3CCCC3)cc2)cc1. The predicted octanol–water partition coefficient (Wildman–Crippen LogP) is 5.70. The lowest BCUT2D eigenvalue weighted by molar-refractivity contribution is -0.117. The van der Waals surface area contributed by atoms with Crippen LogP contribution in [0, 0.1) is 0 Å². The summed E-state index contributed by atoms with van der Waals surface area (Å²) in [6, 6.07) is 23.6. The summed E-state index contributed by atoms with van der Waals surface area (Å²) in [7, 11) is 3.32. The molecule has 2 heterocycles. The first kappa shape index (κ1) is 23.6. The van der Waals surface area contributed by atoms with E-state index in [9.17, 15) is 4.79 Å². The molecule has 0 aliphatic carbocycles. The number of hydrogen-bond donors (Lipinski definition) is 2. The zero-order chi connectivity index (χ0) is 24.9. The van der Waals surface area contributed by atoms with Crippen molar-refractivity contribution in [2.45, 2.75) is 12.8 Å². The molecule has 0 saturated carbocycles. The van der Waals surface area contributed by atoms with E-state index in [0.717, 1.165) is 63.8 Å². The Hall–Kier alpha value is -4.10. The number of aromatic nitrogens is 1. The van der Waals surface area contributed by atoms with E-state index in [2.05, 4.69) is 21.6 Å². The maximum atomic E-state index is 12.4. The summed E-state index contributed by atoms with van der Waals surface area (Å²) in [4.78, 5) is 19.5. The highest BCUT2D eigenvalue weighted by molar-refractivity contribution is 5.93. The summed E-state index contributed by atoms with van der Waals surface area (Å²) in [5.41, 5.74) is 4.49. The van der Waals surface area contributed by atoms with Gasteiger partial charge in [0, 0.05) is 22.3 Å². The summed E-state index contributed by atoms with van der Waals surface area (Å²) in [6.45, 7) is 2.44. The Morgan fingerprint density at radius 2 is 1.53 bits per heavy atom. The van der Waals surface area contributed by atoms with Gasteiger partial charge < -0.3 is 20.1 Å². The average molecular weight is 483 g/mol. The fourth-order valence-corrected chi connectivity index (χ4v) is 4.49. The number of carbonyl (C=O) groups excluding carboxylic acids is 1. The summed E-state index contributed by atoms with van der Waals surface area (Å²) in [6.07, 6.45) is 2.34. The summed E-state index contributed by atoms with van der Waals surface area (Å²) in [5.74, 6) is 2.34. The molecule has 7 nitrogen and oxygen atoms in total. The molecule has 0 atom stereocenters. The Labute approximate surface area is 211 Å². The first-order chi connectivity index (χ1) is 17.6. The van der Waals surface area contributed by atoms with Crippen molar-refractivity contribution < 1.29 is 14.3 Å². The zero-order valence-corrected chi connectivity index (χ0v) is 20.6. The van der Waals surface area contributed by atoms with Gasteiger partial charge in [-0.25, -0.2) is 4.98 Å². The van der Waals surface area contributed by atoms with E-state index in [0.29, 0.717) is 6.54 Å². The van der Waals surface area contributed by atoms with Crippen molar-refractivity contribution in [1.82, 2.24) is 9.88 Å². The molecule has 4 aromatic rings. The van der Waals surface area contributed by atoms with Gasteiger partial charge in [0.25, 0.3) is 0 Å². The van der Waals surface area contributed by atoms with Gasteiger partial charge >= 0.3 is 0 Å². The number of benzene rings is 3. The monoisotopic (exact) mass is 482 g/mol. The molecule has 0 unspecified atom stereocenters. The number of carbonyl (C=O) groups is 1. The highest BCUT2D eigenvalue weighted by Gasteiger charge is 2.15. The maximum absolute atomic E-state index is 12.4. The third-order valence-electron chi connectivity index (χ3n) is 6.42. The molecule has 1 aliphatic heterocycles. The number of nitrogens with one attached hydrogen (secondary N) is 2. The molecule has 0 bridgehead atoms. The molecule has 5 rings (SSSR count). The van der Waals surface area contributed by atoms with Crippen LogP contribution < -0.4 is 20.1 Å². The van der Waals surface area contributed by atoms with Gasteiger partial charge in [0.1, 0.15) is 17.3 Å². The number of hydrogen-bond acceptors (Lipinski definition) is 6. The highest BCUT2D eigenvalue weighted by Crippen LogP contribution is 2.34. The van der Waals surface area contributed by atoms with Crippen molar-refractivity contribution in [3.8, 4) is 22.6 Å². The molecule has 1 fully saturated rings. The molecule has 0 radical (unpaired) electrons. The molecular formula is C29H30N4O3. The molecule has 1 amide bonds. The third kappa shape index (κ3) is 5.42. The first-order valence-electron chi connectivity index (χ1n) is 12.1. The molecule has 0 spiro atoms. The van der Waals surface area contributed by atoms with Crippen LogP contribution in [0.5, 0.6) is 11.5 Å². The lowest BCUT2D eigenvalue weighted by Crippen LogP contribution is -2.30. The van der Waals surface area contributed by atoms with Crippen LogP contribution in [-0.4, -0.2) is 49.6 Å². The van der Waals surface area contributed by atoms with Gasteiger partial charge in [-0.05, 0) is 92.2 Å². The predicted molar refractivity (Wildman–Crippen MR) is 144 cm³/mol. The van der Waals surface area contributed by atoms with E-state index >= 15 is 0 Å². The molecule has 1 aromatic heterocycles. The van der Waals surface area contributed by atoms with Crippen molar-refractivity contribution >= 4 is 34.0 Å². The van der Waals surface area contributed by atoms with E-state index < -0.39 is 0 Å². The number of methoxy groups -OCH3 is 2. The number of pyridine rings is 1. The largest absolute Gasteiger partial charge is 0.497 e. The smallest absolute Gasteiger partial charge is 0.238 e. The van der Waals surface area contributed by atoms with Gasteiger partial charge in [0.05, 0.1) is 26.3 Å². The Bertz CT molecular complexity index is 1350. The molecule has 2 N–H and O–H groups in total. The topological polar surface area (TPSA) is 75.7 Å². The number of nitrogens with zero attached hydrogens (tertiary/aromatic N) is 2. The van der Waals surface area contributed by atoms with Gasteiger partial charge in [-0.3, -0.25) is 9.69 Å². The van der Waals surface area contributed by atoms with Crippen molar-refractivity contribution in [3.63, 3.8) is 0 Å². The van der Waals surface area contributed by atoms with Crippen LogP contribution in [0.1, 0.15) is 12.8 Å². The van der Waals surface area contributed by atoms with E-state index in [1.807, 2.05) is 66.7 Å². The highest BCUT2D eigenvalue weighted by atomic mass is 16.5. The number of likely N-dealkylation sites (tertiary alicyclic amines) is 1. The minimum absolute atomic E-state index is 0.0195. The Kier molecular flexibility index (Phi) is 7.00. The van der Waals surface area contributed by atoms with Gasteiger partial charge in [-0.2, -0.15) is 0 Å². The molecule has 1 aliphatic rings. The molecule has 184 valence electrons. The minimum Gasteiger partial charge on any atom is -0.497 e. The van der Waals surface area contributed by atoms with Crippen LogP contribution in [-0.2, 0) is 4.79 Å². The number of fused-ring (bicyclic) bond motifs is 1. The van der Waals surface area contributed by atoms with E-state index in [1.54, 1.807) is 14.2 Å². The third-order valence-corrected chi connectivity index (χ3v) is 6.42. The average Bonchev–Trinajstić information content (AvgIpc) is 3.42. The van der Waals surface area contributed by atoms with Gasteiger partial charge in [0.15, 0.2) is 0 Å². The molecule has 3 aromatic carbocycles. The summed E-state index contributed by atoms with van der Waals surface area (Å²) in [5, 5.41) is 7.45. The van der Waals surface area contributed by atoms with Gasteiger partial charge in [0.2, 0.25) is 5.91 Å². The van der Waals surface area contributed by atoms with Crippen LogP contribution in [0.25, 0.3) is 22.0 Å². The van der Waals surface area contributed by atoms with Crippen molar-refractivity contribution in [3.05, 3.63) is 72.8 Å². The van der Waals surface area contributed by atoms with Crippen LogP contribution in [0.3, 0.4) is 0 Å². The van der Waals surface area contributed by atoms with E-state index in [1.165, 1.54) is 12.8 Å². The summed E-state index contributed by atoms with van der Waals surface area (Å²) < 4.78 is 10.7. The van der Waals surface area contributed by atoms with Crippen molar-refractivity contribution in [2.75, 3.05) is 44.5 Å². The summed E-state index contributed by atoms with van der Waals surface area (Å²) >= 11 is 0. The number of amides is 1. The van der Waals surface area contributed by atoms with Gasteiger partial charge in [-0.15, -0.1) is 0 Å². The second-order valence-electron chi connectivity index (χ2n) is 8.91. The van der Waals surface area contributed by atoms with E-state index in [-0.39, 0.29) is 5.91 Å². The fraction of sp³-hybridized carbons (Fsp3) is 0.241. The Morgan fingerprint density at radius 3 is 2.22 bits per heavy atom. The molecule has 36 heavy (non-hydrogen) atoms. The maximum Gasteiger partial charge on any atom is 0.238 e. The molecular weight excluding hydrogens is 452 g/mol.